The van der Waals surface area contributed by atoms with Crippen molar-refractivity contribution in [2.24, 2.45) is 0 Å². The fourth-order valence-electron chi connectivity index (χ4n) is 0.491. The minimum atomic E-state index is -0.212. The highest BCUT2D eigenvalue weighted by molar-refractivity contribution is 5.72. The lowest BCUT2D eigenvalue weighted by Gasteiger charge is -1.98. The summed E-state index contributed by atoms with van der Waals surface area (Å²) in [7, 11) is 0. The minimum Gasteiger partial charge on any atom is -0.466 e. The normalized spacial score (nSPS) is 8.20. The Bertz CT molecular complexity index is 164. The van der Waals surface area contributed by atoms with E-state index in [2.05, 4.69) is 17.0 Å². The lowest BCUT2D eigenvalue weighted by Crippen LogP contribution is -2.03. The van der Waals surface area contributed by atoms with Gasteiger partial charge in [-0.1, -0.05) is 6.58 Å². The molecular weight excluding hydrogens is 128 g/mol. The van der Waals surface area contributed by atoms with Crippen molar-refractivity contribution in [2.45, 2.75) is 20.3 Å². The molecule has 0 N–H and O–H groups in total. The molecule has 0 bridgehead atoms. The minimum absolute atomic E-state index is 0.212. The van der Waals surface area contributed by atoms with Crippen LogP contribution in [0.3, 0.4) is 0 Å². The molecule has 0 aromatic heterocycles. The average molecular weight is 140 g/mol. The molecule has 0 atom stereocenters. The summed E-state index contributed by atoms with van der Waals surface area (Å²) in [5.74, 6) is -0.212. The highest BCUT2D eigenvalue weighted by Gasteiger charge is 2.00. The summed E-state index contributed by atoms with van der Waals surface area (Å²) in [6.45, 7) is 7.42. The van der Waals surface area contributed by atoms with E-state index in [1.165, 1.54) is 0 Å². The number of hydrogen-bond donors (Lipinski definition) is 0. The second-order valence-corrected chi connectivity index (χ2v) is 1.94. The Labute approximate surface area is 61.2 Å². The Hall–Kier alpha value is -1.01. The van der Waals surface area contributed by atoms with E-state index in [4.69, 9.17) is 0 Å². The van der Waals surface area contributed by atoms with Crippen LogP contribution >= 0.6 is 0 Å². The van der Waals surface area contributed by atoms with Gasteiger partial charge in [0.2, 0.25) is 0 Å². The Kier molecular flexibility index (Phi) is 4.34. The summed E-state index contributed by atoms with van der Waals surface area (Å²) in [5, 5.41) is 0. The summed E-state index contributed by atoms with van der Waals surface area (Å²) >= 11 is 0. The molecule has 0 saturated heterocycles. The molecule has 0 aliphatic heterocycles. The van der Waals surface area contributed by atoms with Gasteiger partial charge in [0.1, 0.15) is 0 Å². The van der Waals surface area contributed by atoms with Crippen LogP contribution in [-0.4, -0.2) is 12.6 Å². The molecule has 0 fully saturated rings. The second-order valence-electron chi connectivity index (χ2n) is 1.94. The zero-order chi connectivity index (χ0) is 7.98. The van der Waals surface area contributed by atoms with Crippen molar-refractivity contribution in [3.05, 3.63) is 17.9 Å². The maximum Gasteiger partial charge on any atom is 0.310 e. The van der Waals surface area contributed by atoms with Crippen molar-refractivity contribution < 1.29 is 9.53 Å². The van der Waals surface area contributed by atoms with Gasteiger partial charge in [-0.3, -0.25) is 4.79 Å². The zero-order valence-corrected chi connectivity index (χ0v) is 6.44. The maximum absolute atomic E-state index is 10.7. The van der Waals surface area contributed by atoms with Crippen LogP contribution in [0, 0.1) is 0 Å². The van der Waals surface area contributed by atoms with Crippen LogP contribution in [0.5, 0.6) is 0 Å². The standard InChI is InChI=1S/C8H12O2/c1-4-7(3)6-8(9)10-5-2/h1,5-6H2,2-3H3. The summed E-state index contributed by atoms with van der Waals surface area (Å²) in [5.41, 5.74) is 3.44. The van der Waals surface area contributed by atoms with E-state index in [0.29, 0.717) is 13.0 Å². The molecule has 0 aliphatic rings. The smallest absolute Gasteiger partial charge is 0.310 e. The van der Waals surface area contributed by atoms with Gasteiger partial charge in [0.15, 0.2) is 0 Å². The Morgan fingerprint density at radius 2 is 2.30 bits per heavy atom. The summed E-state index contributed by atoms with van der Waals surface area (Å²) in [6, 6.07) is 0. The first-order valence-corrected chi connectivity index (χ1v) is 3.21. The van der Waals surface area contributed by atoms with E-state index in [0.717, 1.165) is 5.57 Å². The first-order valence-electron chi connectivity index (χ1n) is 3.21. The molecule has 0 aromatic carbocycles. The lowest BCUT2D eigenvalue weighted by atomic mass is 10.2. The van der Waals surface area contributed by atoms with E-state index in [1.807, 2.05) is 0 Å². The fraction of sp³-hybridized carbons (Fsp3) is 0.500. The quantitative estimate of drug-likeness (QED) is 0.440. The van der Waals surface area contributed by atoms with Crippen LogP contribution in [0.25, 0.3) is 0 Å². The summed E-state index contributed by atoms with van der Waals surface area (Å²) in [4.78, 5) is 10.7. The molecular formula is C8H12O2. The molecule has 10 heavy (non-hydrogen) atoms. The molecule has 2 heteroatoms. The fourth-order valence-corrected chi connectivity index (χ4v) is 0.491. The maximum atomic E-state index is 10.7. The van der Waals surface area contributed by atoms with Crippen LogP contribution in [0.2, 0.25) is 0 Å². The van der Waals surface area contributed by atoms with Gasteiger partial charge >= 0.3 is 5.97 Å². The number of carbonyl (C=O) groups is 1. The number of esters is 1. The van der Waals surface area contributed by atoms with Gasteiger partial charge in [0.25, 0.3) is 0 Å². The van der Waals surface area contributed by atoms with Crippen molar-refractivity contribution in [3.8, 4) is 0 Å². The monoisotopic (exact) mass is 140 g/mol. The van der Waals surface area contributed by atoms with Crippen LogP contribution in [-0.2, 0) is 9.53 Å². The zero-order valence-electron chi connectivity index (χ0n) is 6.44. The van der Waals surface area contributed by atoms with Crippen LogP contribution < -0.4 is 0 Å². The van der Waals surface area contributed by atoms with Gasteiger partial charge in [-0.25, -0.2) is 0 Å². The molecule has 2 nitrogen and oxygen atoms in total. The first-order chi connectivity index (χ1) is 4.70. The van der Waals surface area contributed by atoms with Crippen molar-refractivity contribution in [1.29, 1.82) is 0 Å². The highest BCUT2D eigenvalue weighted by atomic mass is 16.5. The molecule has 0 spiro atoms. The van der Waals surface area contributed by atoms with Crippen LogP contribution in [0.1, 0.15) is 20.3 Å². The number of carbonyl (C=O) groups excluding carboxylic acids is 1. The second kappa shape index (κ2) is 4.83. The van der Waals surface area contributed by atoms with Crippen molar-refractivity contribution in [3.63, 3.8) is 0 Å². The van der Waals surface area contributed by atoms with Gasteiger partial charge < -0.3 is 4.74 Å². The SMILES string of the molecule is C=C=C(C)CC(=O)OCC. The molecule has 56 valence electrons. The molecule has 0 rings (SSSR count). The van der Waals surface area contributed by atoms with E-state index in [1.54, 1.807) is 13.8 Å². The van der Waals surface area contributed by atoms with Gasteiger partial charge in [-0.2, -0.15) is 0 Å². The van der Waals surface area contributed by atoms with E-state index in [9.17, 15) is 4.79 Å². The summed E-state index contributed by atoms with van der Waals surface area (Å²) < 4.78 is 4.69. The van der Waals surface area contributed by atoms with Gasteiger partial charge in [-0.15, -0.1) is 5.73 Å². The molecule has 0 heterocycles. The Morgan fingerprint density at radius 1 is 1.70 bits per heavy atom. The first kappa shape index (κ1) is 8.99. The van der Waals surface area contributed by atoms with Gasteiger partial charge in [0.05, 0.1) is 13.0 Å². The van der Waals surface area contributed by atoms with Crippen molar-refractivity contribution in [2.75, 3.05) is 6.61 Å². The Balaban J connectivity index is 3.69. The van der Waals surface area contributed by atoms with E-state index >= 15 is 0 Å². The number of rotatable bonds is 3. The van der Waals surface area contributed by atoms with Gasteiger partial charge in [0, 0.05) is 0 Å². The van der Waals surface area contributed by atoms with Crippen molar-refractivity contribution in [1.82, 2.24) is 0 Å². The predicted octanol–water partition coefficient (Wildman–Crippen LogP) is 1.67. The molecule has 0 radical (unpaired) electrons. The third-order valence-electron chi connectivity index (χ3n) is 1.02. The van der Waals surface area contributed by atoms with Crippen molar-refractivity contribution >= 4 is 5.97 Å². The van der Waals surface area contributed by atoms with Crippen LogP contribution in [0.4, 0.5) is 0 Å². The third kappa shape index (κ3) is 3.93. The highest BCUT2D eigenvalue weighted by Crippen LogP contribution is 1.97. The molecule has 0 aromatic rings. The Morgan fingerprint density at radius 3 is 2.70 bits per heavy atom. The average Bonchev–Trinajstić information content (AvgIpc) is 1.88. The van der Waals surface area contributed by atoms with Gasteiger partial charge in [-0.05, 0) is 19.4 Å². The van der Waals surface area contributed by atoms with Crippen LogP contribution in [0.15, 0.2) is 17.9 Å². The molecule has 0 aliphatic carbocycles. The number of ether oxygens (including phenoxy) is 1. The molecule has 0 unspecified atom stereocenters. The number of hydrogen-bond acceptors (Lipinski definition) is 2. The third-order valence-corrected chi connectivity index (χ3v) is 1.02. The largest absolute Gasteiger partial charge is 0.466 e. The molecule has 0 saturated carbocycles. The predicted molar refractivity (Wildman–Crippen MR) is 39.6 cm³/mol. The van der Waals surface area contributed by atoms with E-state index < -0.39 is 0 Å². The topological polar surface area (TPSA) is 26.3 Å². The van der Waals surface area contributed by atoms with E-state index in [-0.39, 0.29) is 5.97 Å². The lowest BCUT2D eigenvalue weighted by molar-refractivity contribution is -0.142. The summed E-state index contributed by atoms with van der Waals surface area (Å²) in [6.07, 6.45) is 0.303. The molecule has 0 amide bonds.